The molecule has 0 bridgehead atoms. The minimum absolute atomic E-state index is 0.0271. The molecule has 2 aliphatic carbocycles. The molecule has 1 saturated heterocycles. The van der Waals surface area contributed by atoms with Crippen LogP contribution in [0.15, 0.2) is 54.6 Å². The molecular weight excluding hydrogens is 558 g/mol. The zero-order chi connectivity index (χ0) is 30.6. The molecule has 2 saturated carbocycles. The number of nitrogens with zero attached hydrogens (tertiary/aromatic N) is 1. The molecule has 5 atom stereocenters. The highest BCUT2D eigenvalue weighted by Crippen LogP contribution is 2.43. The van der Waals surface area contributed by atoms with Gasteiger partial charge in [-0.3, -0.25) is 19.2 Å². The summed E-state index contributed by atoms with van der Waals surface area (Å²) in [6.07, 6.45) is 6.10. The van der Waals surface area contributed by atoms with E-state index in [-0.39, 0.29) is 60.8 Å². The first-order chi connectivity index (χ1) is 21.4. The molecule has 3 aromatic rings. The summed E-state index contributed by atoms with van der Waals surface area (Å²) in [5, 5.41) is 3.83. The van der Waals surface area contributed by atoms with Crippen molar-refractivity contribution in [3.8, 4) is 5.75 Å². The maximum absolute atomic E-state index is 14.1. The average Bonchev–Trinajstić information content (AvgIpc) is 3.76. The van der Waals surface area contributed by atoms with E-state index in [1.165, 1.54) is 0 Å². The normalized spacial score (nSPS) is 23.8. The summed E-state index contributed by atoms with van der Waals surface area (Å²) >= 11 is 0. The third kappa shape index (κ3) is 6.29. The van der Waals surface area contributed by atoms with Crippen molar-refractivity contribution in [2.45, 2.75) is 70.1 Å². The molecule has 9 heteroatoms. The molecule has 1 aliphatic heterocycles. The Bertz CT molecular complexity index is 1520. The van der Waals surface area contributed by atoms with Crippen LogP contribution >= 0.6 is 0 Å². The van der Waals surface area contributed by atoms with Crippen LogP contribution in [0, 0.1) is 17.8 Å². The van der Waals surface area contributed by atoms with Crippen LogP contribution in [-0.2, 0) is 25.7 Å². The summed E-state index contributed by atoms with van der Waals surface area (Å²) in [5.41, 5.74) is 2.13. The predicted molar refractivity (Wildman–Crippen MR) is 165 cm³/mol. The lowest BCUT2D eigenvalue weighted by atomic mass is 9.82. The Morgan fingerprint density at radius 1 is 1.02 bits per heavy atom. The van der Waals surface area contributed by atoms with E-state index in [2.05, 4.69) is 10.3 Å². The van der Waals surface area contributed by atoms with Crippen LogP contribution in [0.3, 0.4) is 0 Å². The smallest absolute Gasteiger partial charge is 0.271 e. The molecule has 1 aromatic heterocycles. The van der Waals surface area contributed by atoms with Crippen molar-refractivity contribution >= 4 is 34.3 Å². The Morgan fingerprint density at radius 2 is 1.86 bits per heavy atom. The van der Waals surface area contributed by atoms with Crippen molar-refractivity contribution in [2.75, 3.05) is 20.3 Å². The first-order valence-electron chi connectivity index (χ1n) is 15.9. The van der Waals surface area contributed by atoms with Crippen molar-refractivity contribution in [3.05, 3.63) is 65.9 Å². The van der Waals surface area contributed by atoms with Crippen LogP contribution in [0.4, 0.5) is 0 Å². The second-order valence-electron chi connectivity index (χ2n) is 12.5. The van der Waals surface area contributed by atoms with Crippen LogP contribution < -0.4 is 10.1 Å². The van der Waals surface area contributed by atoms with Gasteiger partial charge in [0, 0.05) is 29.8 Å². The number of amides is 2. The molecule has 2 heterocycles. The molecule has 232 valence electrons. The molecular formula is C35H41N3O6. The van der Waals surface area contributed by atoms with E-state index in [1.807, 2.05) is 48.5 Å². The molecule has 2 aromatic carbocycles. The fraction of sp³-hybridized carbons (Fsp3) is 0.486. The summed E-state index contributed by atoms with van der Waals surface area (Å²) in [4.78, 5) is 59.3. The van der Waals surface area contributed by atoms with Crippen molar-refractivity contribution in [1.82, 2.24) is 15.2 Å². The standard InChI is InChI=1S/C35H41N3O6/c1-43-32-16-8-14-27-26(32)18-29(36-27)35(42)38-19-24-12-7-13-25(24)33(38)34(41)37-28(17-23-11-5-6-15-30(23)39)31(40)21-44-20-22-9-3-2-4-10-22/h2-4,8-10,14,16,18,23-25,28,33,36H,5-7,11-13,15,17,19-21H2,1H3,(H,37,41)/t23-,24-,25-,28-,33-/m0/s1. The first kappa shape index (κ1) is 30.1. The largest absolute Gasteiger partial charge is 0.496 e. The summed E-state index contributed by atoms with van der Waals surface area (Å²) in [7, 11) is 1.59. The molecule has 2 N–H and O–H groups in total. The highest BCUT2D eigenvalue weighted by molar-refractivity contribution is 6.02. The maximum Gasteiger partial charge on any atom is 0.271 e. The summed E-state index contributed by atoms with van der Waals surface area (Å²) in [6, 6.07) is 15.4. The van der Waals surface area contributed by atoms with E-state index in [4.69, 9.17) is 9.47 Å². The second kappa shape index (κ2) is 13.3. The Balaban J connectivity index is 1.21. The number of methoxy groups -OCH3 is 1. The molecule has 3 aliphatic rings. The van der Waals surface area contributed by atoms with Gasteiger partial charge < -0.3 is 24.7 Å². The van der Waals surface area contributed by atoms with E-state index in [0.717, 1.165) is 48.6 Å². The van der Waals surface area contributed by atoms with Gasteiger partial charge in [-0.05, 0) is 67.7 Å². The molecule has 0 radical (unpaired) electrons. The van der Waals surface area contributed by atoms with Crippen LogP contribution in [0.2, 0.25) is 0 Å². The number of rotatable bonds is 11. The fourth-order valence-electron chi connectivity index (χ4n) is 7.49. The molecule has 6 rings (SSSR count). The SMILES string of the molecule is COc1cccc2[nH]c(C(=O)N3C[C@@H]4CCC[C@@H]4[C@H]3C(=O)N[C@@H](C[C@@H]3CCCCC3=O)C(=O)COCc3ccccc3)cc12. The van der Waals surface area contributed by atoms with E-state index in [9.17, 15) is 19.2 Å². The van der Waals surface area contributed by atoms with Crippen molar-refractivity contribution in [2.24, 2.45) is 17.8 Å². The fourth-order valence-corrected chi connectivity index (χ4v) is 7.49. The molecule has 0 spiro atoms. The monoisotopic (exact) mass is 599 g/mol. The van der Waals surface area contributed by atoms with Gasteiger partial charge in [0.1, 0.15) is 29.9 Å². The molecule has 9 nitrogen and oxygen atoms in total. The van der Waals surface area contributed by atoms with Gasteiger partial charge in [-0.1, -0.05) is 49.2 Å². The van der Waals surface area contributed by atoms with Gasteiger partial charge in [0.25, 0.3) is 5.91 Å². The van der Waals surface area contributed by atoms with E-state index < -0.39 is 12.1 Å². The van der Waals surface area contributed by atoms with Crippen LogP contribution in [0.5, 0.6) is 5.75 Å². The number of carbonyl (C=O) groups excluding carboxylic acids is 4. The average molecular weight is 600 g/mol. The number of likely N-dealkylation sites (tertiary alicyclic amines) is 1. The van der Waals surface area contributed by atoms with Crippen LogP contribution in [0.25, 0.3) is 10.9 Å². The van der Waals surface area contributed by atoms with Gasteiger partial charge in [-0.2, -0.15) is 0 Å². The van der Waals surface area contributed by atoms with Crippen LogP contribution in [0.1, 0.15) is 67.4 Å². The van der Waals surface area contributed by atoms with E-state index >= 15 is 0 Å². The van der Waals surface area contributed by atoms with Gasteiger partial charge in [-0.25, -0.2) is 0 Å². The summed E-state index contributed by atoms with van der Waals surface area (Å²) in [5.74, 6) is -0.0189. The van der Waals surface area contributed by atoms with Gasteiger partial charge in [0.05, 0.1) is 19.8 Å². The predicted octanol–water partition coefficient (Wildman–Crippen LogP) is 4.84. The number of fused-ring (bicyclic) bond motifs is 2. The Kier molecular flexibility index (Phi) is 9.12. The number of ether oxygens (including phenoxy) is 2. The third-order valence-corrected chi connectivity index (χ3v) is 9.76. The van der Waals surface area contributed by atoms with Crippen LogP contribution in [-0.4, -0.2) is 65.6 Å². The van der Waals surface area contributed by atoms with Gasteiger partial charge in [0.2, 0.25) is 5.91 Å². The van der Waals surface area contributed by atoms with Gasteiger partial charge in [0.15, 0.2) is 5.78 Å². The Hall–Kier alpha value is -3.98. The lowest BCUT2D eigenvalue weighted by Gasteiger charge is -2.30. The number of ketones is 2. The quantitative estimate of drug-likeness (QED) is 0.326. The van der Waals surface area contributed by atoms with E-state index in [0.29, 0.717) is 30.8 Å². The minimum Gasteiger partial charge on any atom is -0.496 e. The molecule has 0 unspecified atom stereocenters. The van der Waals surface area contributed by atoms with E-state index in [1.54, 1.807) is 18.1 Å². The highest BCUT2D eigenvalue weighted by atomic mass is 16.5. The number of benzene rings is 2. The maximum atomic E-state index is 14.1. The minimum atomic E-state index is -0.861. The lowest BCUT2D eigenvalue weighted by molar-refractivity contribution is -0.134. The number of aromatic amines is 1. The van der Waals surface area contributed by atoms with Gasteiger partial charge in [-0.15, -0.1) is 0 Å². The third-order valence-electron chi connectivity index (χ3n) is 9.76. The number of H-pyrrole nitrogens is 1. The first-order valence-corrected chi connectivity index (χ1v) is 15.9. The second-order valence-corrected chi connectivity index (χ2v) is 12.5. The number of aromatic nitrogens is 1. The molecule has 2 amide bonds. The van der Waals surface area contributed by atoms with Crippen molar-refractivity contribution in [1.29, 1.82) is 0 Å². The molecule has 3 fully saturated rings. The number of Topliss-reactive ketones (excluding diaryl/α,β-unsaturated/α-hetero) is 2. The number of hydrogen-bond donors (Lipinski definition) is 2. The van der Waals surface area contributed by atoms with Crippen molar-refractivity contribution < 1.29 is 28.7 Å². The summed E-state index contributed by atoms with van der Waals surface area (Å²) in [6.45, 7) is 0.602. The topological polar surface area (TPSA) is 118 Å². The summed E-state index contributed by atoms with van der Waals surface area (Å²) < 4.78 is 11.2. The highest BCUT2D eigenvalue weighted by Gasteiger charge is 2.50. The zero-order valence-corrected chi connectivity index (χ0v) is 25.3. The van der Waals surface area contributed by atoms with Crippen molar-refractivity contribution in [3.63, 3.8) is 0 Å². The number of carbonyl (C=O) groups is 4. The lowest BCUT2D eigenvalue weighted by Crippen LogP contribution is -2.54. The Morgan fingerprint density at radius 3 is 2.66 bits per heavy atom. The van der Waals surface area contributed by atoms with Gasteiger partial charge >= 0.3 is 0 Å². The molecule has 44 heavy (non-hydrogen) atoms. The number of hydrogen-bond acceptors (Lipinski definition) is 6. The Labute approximate surface area is 257 Å². The number of nitrogens with one attached hydrogen (secondary N) is 2. The zero-order valence-electron chi connectivity index (χ0n) is 25.3.